The van der Waals surface area contributed by atoms with Crippen molar-refractivity contribution in [2.75, 3.05) is 23.4 Å². The van der Waals surface area contributed by atoms with E-state index in [1.165, 1.54) is 0 Å². The van der Waals surface area contributed by atoms with Gasteiger partial charge in [0.05, 0.1) is 23.2 Å². The van der Waals surface area contributed by atoms with Crippen LogP contribution >= 0.6 is 11.6 Å². The van der Waals surface area contributed by atoms with Crippen molar-refractivity contribution < 1.29 is 13.7 Å². The maximum absolute atomic E-state index is 12.2. The molecule has 1 aliphatic heterocycles. The molecule has 1 amide bonds. The van der Waals surface area contributed by atoms with Crippen molar-refractivity contribution in [3.63, 3.8) is 0 Å². The molecule has 5 nitrogen and oxygen atoms in total. The molecule has 3 atom stereocenters. The normalized spacial score (nSPS) is 21.0. The van der Waals surface area contributed by atoms with Gasteiger partial charge in [-0.2, -0.15) is 0 Å². The van der Waals surface area contributed by atoms with Crippen molar-refractivity contribution in [3.05, 3.63) is 23.2 Å². The lowest BCUT2D eigenvalue weighted by Gasteiger charge is -2.15. The monoisotopic (exact) mass is 330 g/mol. The highest BCUT2D eigenvalue weighted by Crippen LogP contribution is 2.23. The molecule has 0 saturated carbocycles. The quantitative estimate of drug-likeness (QED) is 0.811. The summed E-state index contributed by atoms with van der Waals surface area (Å²) in [6.45, 7) is 2.36. The van der Waals surface area contributed by atoms with Crippen LogP contribution in [0, 0.1) is 0 Å². The van der Waals surface area contributed by atoms with Gasteiger partial charge in [0.1, 0.15) is 5.25 Å². The van der Waals surface area contributed by atoms with Crippen LogP contribution in [0.5, 0.6) is 0 Å². The van der Waals surface area contributed by atoms with Gasteiger partial charge in [0.2, 0.25) is 5.91 Å². The number of carbonyl (C=O) groups excluding carboxylic acids is 1. The van der Waals surface area contributed by atoms with Crippen LogP contribution in [0.4, 0.5) is 11.4 Å². The van der Waals surface area contributed by atoms with Gasteiger partial charge in [0.15, 0.2) is 0 Å². The first-order chi connectivity index (χ1) is 9.97. The fourth-order valence-electron chi connectivity index (χ4n) is 2.10. The first-order valence-electron chi connectivity index (χ1n) is 6.82. The predicted molar refractivity (Wildman–Crippen MR) is 85.9 cm³/mol. The lowest BCUT2D eigenvalue weighted by Crippen LogP contribution is -2.33. The van der Waals surface area contributed by atoms with E-state index in [-0.39, 0.29) is 12.0 Å². The number of hydrogen-bond donors (Lipinski definition) is 2. The summed E-state index contributed by atoms with van der Waals surface area (Å²) in [7, 11) is -1.27. The topological polar surface area (TPSA) is 81.4 Å². The van der Waals surface area contributed by atoms with Crippen molar-refractivity contribution in [3.8, 4) is 0 Å². The highest BCUT2D eigenvalue weighted by Gasteiger charge is 2.25. The number of rotatable bonds is 5. The number of anilines is 2. The minimum atomic E-state index is -1.27. The smallest absolute Gasteiger partial charge is 0.239 e. The van der Waals surface area contributed by atoms with Crippen LogP contribution < -0.4 is 11.1 Å². The fourth-order valence-corrected chi connectivity index (χ4v) is 3.50. The molecule has 0 aromatic heterocycles. The van der Waals surface area contributed by atoms with Gasteiger partial charge in [-0.3, -0.25) is 9.00 Å². The van der Waals surface area contributed by atoms with Crippen molar-refractivity contribution >= 4 is 39.7 Å². The molecule has 1 aromatic carbocycles. The summed E-state index contributed by atoms with van der Waals surface area (Å²) in [6, 6.07) is 4.83. The van der Waals surface area contributed by atoms with E-state index in [1.807, 2.05) is 0 Å². The van der Waals surface area contributed by atoms with Gasteiger partial charge < -0.3 is 15.8 Å². The zero-order valence-corrected chi connectivity index (χ0v) is 13.4. The highest BCUT2D eigenvalue weighted by molar-refractivity contribution is 7.86. The van der Waals surface area contributed by atoms with E-state index in [0.717, 1.165) is 12.8 Å². The van der Waals surface area contributed by atoms with Crippen molar-refractivity contribution in [1.29, 1.82) is 0 Å². The van der Waals surface area contributed by atoms with Gasteiger partial charge in [0, 0.05) is 22.4 Å². The molecule has 3 N–H and O–H groups in total. The van der Waals surface area contributed by atoms with Crippen molar-refractivity contribution in [1.82, 2.24) is 0 Å². The SMILES string of the molecule is CC(C(=O)Nc1ccc(Cl)cc1N)S(=O)CC1CCCO1. The molecule has 116 valence electrons. The van der Waals surface area contributed by atoms with Gasteiger partial charge in [-0.05, 0) is 38.0 Å². The maximum atomic E-state index is 12.2. The maximum Gasteiger partial charge on any atom is 0.239 e. The molecule has 1 aliphatic rings. The van der Waals surface area contributed by atoms with E-state index >= 15 is 0 Å². The third-order valence-electron chi connectivity index (χ3n) is 3.41. The standard InChI is InChI=1S/C14H19ClN2O3S/c1-9(21(19)8-11-3-2-6-20-11)14(18)17-13-5-4-10(15)7-12(13)16/h4-5,7,9,11H,2-3,6,8,16H2,1H3,(H,17,18). The largest absolute Gasteiger partial charge is 0.397 e. The number of nitrogens with one attached hydrogen (secondary N) is 1. The summed E-state index contributed by atoms with van der Waals surface area (Å²) in [6.07, 6.45) is 1.90. The Hall–Kier alpha value is -1.11. The summed E-state index contributed by atoms with van der Waals surface area (Å²) < 4.78 is 17.6. The third-order valence-corrected chi connectivity index (χ3v) is 5.35. The summed E-state index contributed by atoms with van der Waals surface area (Å²) >= 11 is 5.81. The van der Waals surface area contributed by atoms with Gasteiger partial charge in [0.25, 0.3) is 0 Å². The summed E-state index contributed by atoms with van der Waals surface area (Å²) in [5.41, 5.74) is 6.64. The van der Waals surface area contributed by atoms with Gasteiger partial charge in [-0.25, -0.2) is 0 Å². The van der Waals surface area contributed by atoms with Gasteiger partial charge in [-0.15, -0.1) is 0 Å². The van der Waals surface area contributed by atoms with E-state index in [2.05, 4.69) is 5.32 Å². The molecule has 1 fully saturated rings. The van der Waals surface area contributed by atoms with E-state index in [4.69, 9.17) is 22.1 Å². The fraction of sp³-hybridized carbons (Fsp3) is 0.500. The number of benzene rings is 1. The molecular weight excluding hydrogens is 312 g/mol. The Morgan fingerprint density at radius 3 is 3.00 bits per heavy atom. The van der Waals surface area contributed by atoms with Crippen LogP contribution in [-0.2, 0) is 20.3 Å². The number of ether oxygens (including phenoxy) is 1. The molecule has 0 spiro atoms. The second-order valence-electron chi connectivity index (χ2n) is 5.05. The minimum absolute atomic E-state index is 0.00156. The zero-order valence-electron chi connectivity index (χ0n) is 11.8. The van der Waals surface area contributed by atoms with Crippen molar-refractivity contribution in [2.45, 2.75) is 31.1 Å². The van der Waals surface area contributed by atoms with Gasteiger partial charge >= 0.3 is 0 Å². The molecule has 0 radical (unpaired) electrons. The Balaban J connectivity index is 1.93. The van der Waals surface area contributed by atoms with E-state index in [1.54, 1.807) is 25.1 Å². The average molecular weight is 331 g/mol. The predicted octanol–water partition coefficient (Wildman–Crippen LogP) is 2.18. The summed E-state index contributed by atoms with van der Waals surface area (Å²) in [5.74, 6) is 0.0744. The van der Waals surface area contributed by atoms with Crippen LogP contribution in [-0.4, -0.2) is 33.8 Å². The average Bonchev–Trinajstić information content (AvgIpc) is 2.93. The molecule has 1 saturated heterocycles. The number of nitrogen functional groups attached to an aromatic ring is 1. The number of hydrogen-bond acceptors (Lipinski definition) is 4. The lowest BCUT2D eigenvalue weighted by atomic mass is 10.2. The molecule has 0 aliphatic carbocycles. The van der Waals surface area contributed by atoms with E-state index in [9.17, 15) is 9.00 Å². The molecular formula is C14H19ClN2O3S. The zero-order chi connectivity index (χ0) is 15.4. The van der Waals surface area contributed by atoms with Crippen molar-refractivity contribution in [2.24, 2.45) is 0 Å². The molecule has 1 aromatic rings. The van der Waals surface area contributed by atoms with Crippen LogP contribution in [0.25, 0.3) is 0 Å². The first-order valence-corrected chi connectivity index (χ1v) is 8.58. The summed E-state index contributed by atoms with van der Waals surface area (Å²) in [5, 5.41) is 2.57. The lowest BCUT2D eigenvalue weighted by molar-refractivity contribution is -0.115. The second-order valence-corrected chi connectivity index (χ2v) is 7.28. The Bertz CT molecular complexity index is 547. The first kappa shape index (κ1) is 16.3. The van der Waals surface area contributed by atoms with Crippen LogP contribution in [0.2, 0.25) is 5.02 Å². The molecule has 1 heterocycles. The van der Waals surface area contributed by atoms with Gasteiger partial charge in [-0.1, -0.05) is 11.6 Å². The highest BCUT2D eigenvalue weighted by atomic mass is 35.5. The van der Waals surface area contributed by atoms with Crippen LogP contribution in [0.1, 0.15) is 19.8 Å². The minimum Gasteiger partial charge on any atom is -0.397 e. The molecule has 0 bridgehead atoms. The number of carbonyl (C=O) groups is 1. The molecule has 3 unspecified atom stereocenters. The van der Waals surface area contributed by atoms with Crippen LogP contribution in [0.3, 0.4) is 0 Å². The molecule has 2 rings (SSSR count). The Morgan fingerprint density at radius 1 is 1.62 bits per heavy atom. The number of amides is 1. The number of nitrogens with two attached hydrogens (primary N) is 1. The van der Waals surface area contributed by atoms with Crippen LogP contribution in [0.15, 0.2) is 18.2 Å². The number of halogens is 1. The van der Waals surface area contributed by atoms with E-state index in [0.29, 0.717) is 28.8 Å². The summed E-state index contributed by atoms with van der Waals surface area (Å²) in [4.78, 5) is 12.1. The third kappa shape index (κ3) is 4.43. The molecule has 7 heteroatoms. The van der Waals surface area contributed by atoms with E-state index < -0.39 is 16.0 Å². The molecule has 21 heavy (non-hydrogen) atoms. The second kappa shape index (κ2) is 7.24. The Morgan fingerprint density at radius 2 is 2.38 bits per heavy atom. The Labute approximate surface area is 131 Å². The Kier molecular flexibility index (Phi) is 5.61.